The first-order chi connectivity index (χ1) is 7.33. The minimum Gasteiger partial charge on any atom is -0.494 e. The van der Waals surface area contributed by atoms with Gasteiger partial charge in [0, 0.05) is 12.6 Å². The minimum atomic E-state index is -0.147. The fraction of sp³-hybridized carbons (Fsp3) is 0.273. The number of carbonyl (C=O) groups is 1. The molecule has 2 heterocycles. The number of allylic oxidation sites excluding steroid dienone is 1. The number of hydrogen-bond donors (Lipinski definition) is 0. The third kappa shape index (κ3) is 1.83. The van der Waals surface area contributed by atoms with Crippen molar-refractivity contribution in [2.45, 2.75) is 6.42 Å². The summed E-state index contributed by atoms with van der Waals surface area (Å²) < 4.78 is 10.3. The van der Waals surface area contributed by atoms with Gasteiger partial charge in [-0.2, -0.15) is 0 Å². The molecule has 0 radical (unpaired) electrons. The predicted molar refractivity (Wildman–Crippen MR) is 53.8 cm³/mol. The van der Waals surface area contributed by atoms with E-state index in [4.69, 9.17) is 9.47 Å². The molecule has 1 aromatic heterocycles. The van der Waals surface area contributed by atoms with Gasteiger partial charge in [0.05, 0.1) is 25.5 Å². The van der Waals surface area contributed by atoms with Gasteiger partial charge in [-0.3, -0.25) is 9.78 Å². The Balaban J connectivity index is 2.32. The first-order valence-corrected chi connectivity index (χ1v) is 4.68. The van der Waals surface area contributed by atoms with Crippen LogP contribution in [0.1, 0.15) is 16.8 Å². The van der Waals surface area contributed by atoms with Crippen molar-refractivity contribution in [1.29, 1.82) is 0 Å². The lowest BCUT2D eigenvalue weighted by Gasteiger charge is -2.06. The molecule has 0 fully saturated rings. The highest BCUT2D eigenvalue weighted by Crippen LogP contribution is 2.22. The molecule has 0 saturated heterocycles. The molecule has 1 aromatic rings. The van der Waals surface area contributed by atoms with Crippen molar-refractivity contribution >= 4 is 5.78 Å². The standard InChI is InChI=1S/C11H11NO3/c1-14-10-7-12-5-4-8(10)11(13)9-3-2-6-15-9/h3-5,7H,2,6H2,1H3. The van der Waals surface area contributed by atoms with Crippen LogP contribution in [0.15, 0.2) is 30.3 Å². The molecule has 0 atom stereocenters. The second-order valence-electron chi connectivity index (χ2n) is 3.11. The van der Waals surface area contributed by atoms with Gasteiger partial charge in [-0.05, 0) is 12.1 Å². The molecule has 78 valence electrons. The average Bonchev–Trinajstić information content (AvgIpc) is 2.81. The molecule has 0 unspecified atom stereocenters. The smallest absolute Gasteiger partial charge is 0.231 e. The van der Waals surface area contributed by atoms with Crippen LogP contribution in [0.5, 0.6) is 5.75 Å². The molecular formula is C11H11NO3. The fourth-order valence-corrected chi connectivity index (χ4v) is 1.44. The largest absolute Gasteiger partial charge is 0.494 e. The molecule has 15 heavy (non-hydrogen) atoms. The molecule has 4 nitrogen and oxygen atoms in total. The van der Waals surface area contributed by atoms with Crippen LogP contribution in [0.3, 0.4) is 0 Å². The summed E-state index contributed by atoms with van der Waals surface area (Å²) in [6, 6.07) is 1.63. The highest BCUT2D eigenvalue weighted by molar-refractivity contribution is 6.09. The van der Waals surface area contributed by atoms with Crippen molar-refractivity contribution in [1.82, 2.24) is 4.98 Å². The number of carbonyl (C=O) groups excluding carboxylic acids is 1. The van der Waals surface area contributed by atoms with Crippen molar-refractivity contribution in [3.8, 4) is 5.75 Å². The van der Waals surface area contributed by atoms with E-state index in [1.54, 1.807) is 18.3 Å². The van der Waals surface area contributed by atoms with Gasteiger partial charge in [0.2, 0.25) is 5.78 Å². The number of rotatable bonds is 3. The van der Waals surface area contributed by atoms with Crippen LogP contribution in [-0.2, 0) is 4.74 Å². The zero-order valence-corrected chi connectivity index (χ0v) is 8.40. The van der Waals surface area contributed by atoms with Crippen molar-refractivity contribution < 1.29 is 14.3 Å². The van der Waals surface area contributed by atoms with Gasteiger partial charge in [-0.25, -0.2) is 0 Å². The molecule has 0 aliphatic carbocycles. The Morgan fingerprint density at radius 1 is 1.60 bits per heavy atom. The molecule has 0 saturated carbocycles. The number of aromatic nitrogens is 1. The van der Waals surface area contributed by atoms with E-state index in [-0.39, 0.29) is 5.78 Å². The Bertz CT molecular complexity index is 412. The molecule has 1 aliphatic rings. The van der Waals surface area contributed by atoms with Crippen molar-refractivity contribution in [2.24, 2.45) is 0 Å². The lowest BCUT2D eigenvalue weighted by molar-refractivity contribution is 0.0939. The van der Waals surface area contributed by atoms with Gasteiger partial charge in [0.1, 0.15) is 5.75 Å². The lowest BCUT2D eigenvalue weighted by atomic mass is 10.1. The van der Waals surface area contributed by atoms with E-state index < -0.39 is 0 Å². The summed E-state index contributed by atoms with van der Waals surface area (Å²) in [5.74, 6) is 0.727. The summed E-state index contributed by atoms with van der Waals surface area (Å²) in [6.07, 6.45) is 5.66. The Hall–Kier alpha value is -1.84. The zero-order valence-electron chi connectivity index (χ0n) is 8.40. The summed E-state index contributed by atoms with van der Waals surface area (Å²) in [7, 11) is 1.51. The summed E-state index contributed by atoms with van der Waals surface area (Å²) >= 11 is 0. The maximum absolute atomic E-state index is 11.9. The van der Waals surface area contributed by atoms with E-state index in [1.165, 1.54) is 13.3 Å². The summed E-state index contributed by atoms with van der Waals surface area (Å²) in [5, 5.41) is 0. The Morgan fingerprint density at radius 3 is 3.13 bits per heavy atom. The van der Waals surface area contributed by atoms with Gasteiger partial charge in [-0.15, -0.1) is 0 Å². The lowest BCUT2D eigenvalue weighted by Crippen LogP contribution is -2.06. The van der Waals surface area contributed by atoms with Crippen LogP contribution in [-0.4, -0.2) is 24.5 Å². The number of nitrogens with zero attached hydrogens (tertiary/aromatic N) is 1. The van der Waals surface area contributed by atoms with Crippen molar-refractivity contribution in [3.63, 3.8) is 0 Å². The maximum atomic E-state index is 11.9. The van der Waals surface area contributed by atoms with E-state index in [1.807, 2.05) is 0 Å². The topological polar surface area (TPSA) is 48.4 Å². The maximum Gasteiger partial charge on any atom is 0.231 e. The molecule has 2 rings (SSSR count). The van der Waals surface area contributed by atoms with Gasteiger partial charge < -0.3 is 9.47 Å². The SMILES string of the molecule is COc1cnccc1C(=O)C1=CCCO1. The molecule has 1 aliphatic heterocycles. The summed E-state index contributed by atoms with van der Waals surface area (Å²) in [4.78, 5) is 15.8. The van der Waals surface area contributed by atoms with Gasteiger partial charge >= 0.3 is 0 Å². The summed E-state index contributed by atoms with van der Waals surface area (Å²) in [6.45, 7) is 0.578. The van der Waals surface area contributed by atoms with E-state index in [0.29, 0.717) is 23.7 Å². The van der Waals surface area contributed by atoms with Gasteiger partial charge in [0.15, 0.2) is 5.76 Å². The molecule has 0 amide bonds. The number of Topliss-reactive ketones (excluding diaryl/α,β-unsaturated/α-hetero) is 1. The van der Waals surface area contributed by atoms with Crippen LogP contribution < -0.4 is 4.74 Å². The van der Waals surface area contributed by atoms with Gasteiger partial charge in [-0.1, -0.05) is 0 Å². The monoisotopic (exact) mass is 205 g/mol. The fourth-order valence-electron chi connectivity index (χ4n) is 1.44. The van der Waals surface area contributed by atoms with Crippen LogP contribution in [0.2, 0.25) is 0 Å². The number of hydrogen-bond acceptors (Lipinski definition) is 4. The highest BCUT2D eigenvalue weighted by Gasteiger charge is 2.20. The molecule has 0 aromatic carbocycles. The number of ketones is 1. The van der Waals surface area contributed by atoms with Crippen LogP contribution in [0, 0.1) is 0 Å². The van der Waals surface area contributed by atoms with Crippen LogP contribution in [0.25, 0.3) is 0 Å². The zero-order chi connectivity index (χ0) is 10.7. The number of methoxy groups -OCH3 is 1. The first-order valence-electron chi connectivity index (χ1n) is 4.68. The first kappa shape index (κ1) is 9.71. The Kier molecular flexibility index (Phi) is 2.67. The van der Waals surface area contributed by atoms with E-state index in [0.717, 1.165) is 6.42 Å². The van der Waals surface area contributed by atoms with E-state index in [9.17, 15) is 4.79 Å². The second kappa shape index (κ2) is 4.13. The van der Waals surface area contributed by atoms with Crippen LogP contribution in [0.4, 0.5) is 0 Å². The second-order valence-corrected chi connectivity index (χ2v) is 3.11. The molecular weight excluding hydrogens is 194 g/mol. The quantitative estimate of drug-likeness (QED) is 0.703. The van der Waals surface area contributed by atoms with Crippen molar-refractivity contribution in [3.05, 3.63) is 35.9 Å². The normalized spacial score (nSPS) is 14.3. The van der Waals surface area contributed by atoms with E-state index >= 15 is 0 Å². The third-order valence-electron chi connectivity index (χ3n) is 2.18. The Labute approximate surface area is 87.5 Å². The summed E-state index contributed by atoms with van der Waals surface area (Å²) in [5.41, 5.74) is 0.487. The molecule has 4 heteroatoms. The van der Waals surface area contributed by atoms with Gasteiger partial charge in [0.25, 0.3) is 0 Å². The third-order valence-corrected chi connectivity index (χ3v) is 2.18. The molecule has 0 bridgehead atoms. The van der Waals surface area contributed by atoms with Crippen molar-refractivity contribution in [2.75, 3.05) is 13.7 Å². The highest BCUT2D eigenvalue weighted by atomic mass is 16.5. The molecule has 0 N–H and O–H groups in total. The van der Waals surface area contributed by atoms with E-state index in [2.05, 4.69) is 4.98 Å². The van der Waals surface area contributed by atoms with Crippen LogP contribution >= 0.6 is 0 Å². The Morgan fingerprint density at radius 2 is 2.47 bits per heavy atom. The minimum absolute atomic E-state index is 0.147. The number of pyridine rings is 1. The number of ether oxygens (including phenoxy) is 2. The average molecular weight is 205 g/mol. The molecule has 0 spiro atoms. The predicted octanol–water partition coefficient (Wildman–Crippen LogP) is 1.58.